The van der Waals surface area contributed by atoms with Gasteiger partial charge in [0, 0.05) is 45.7 Å². The Morgan fingerprint density at radius 3 is 2.96 bits per heavy atom. The Labute approximate surface area is 150 Å². The maximum Gasteiger partial charge on any atom is 0.191 e. The number of fused-ring (bicyclic) bond motifs is 1. The van der Waals surface area contributed by atoms with E-state index in [9.17, 15) is 0 Å². The number of morpholine rings is 1. The topological polar surface area (TPSA) is 79.6 Å². The molecule has 0 aromatic carbocycles. The first-order valence-corrected chi connectivity index (χ1v) is 9.31. The van der Waals surface area contributed by atoms with Crippen LogP contribution >= 0.6 is 0 Å². The molecule has 8 heteroatoms. The van der Waals surface area contributed by atoms with Gasteiger partial charge in [-0.3, -0.25) is 9.89 Å². The van der Waals surface area contributed by atoms with Crippen LogP contribution in [0.15, 0.2) is 4.99 Å². The summed E-state index contributed by atoms with van der Waals surface area (Å²) in [5, 5.41) is 11.5. The molecule has 1 aromatic heterocycles. The SMILES string of the molecule is CN=C(NCC(C)CN1CCOCC1)NC1CCc2nc(C)nn2C1. The molecule has 0 amide bonds. The van der Waals surface area contributed by atoms with Crippen LogP contribution in [0.2, 0.25) is 0 Å². The molecule has 2 atom stereocenters. The van der Waals surface area contributed by atoms with Crippen molar-refractivity contribution in [3.63, 3.8) is 0 Å². The Morgan fingerprint density at radius 2 is 2.20 bits per heavy atom. The molecule has 2 unspecified atom stereocenters. The minimum absolute atomic E-state index is 0.342. The second-order valence-corrected chi connectivity index (χ2v) is 7.11. The molecule has 1 fully saturated rings. The van der Waals surface area contributed by atoms with Crippen molar-refractivity contribution in [1.29, 1.82) is 0 Å². The van der Waals surface area contributed by atoms with Crippen molar-refractivity contribution in [2.75, 3.05) is 46.4 Å². The largest absolute Gasteiger partial charge is 0.379 e. The van der Waals surface area contributed by atoms with Crippen molar-refractivity contribution in [2.24, 2.45) is 10.9 Å². The number of rotatable bonds is 5. The number of aromatic nitrogens is 3. The highest BCUT2D eigenvalue weighted by Gasteiger charge is 2.22. The number of ether oxygens (including phenoxy) is 1. The van der Waals surface area contributed by atoms with Crippen LogP contribution in [0, 0.1) is 12.8 Å². The third kappa shape index (κ3) is 5.15. The quantitative estimate of drug-likeness (QED) is 0.577. The van der Waals surface area contributed by atoms with Crippen LogP contribution in [-0.4, -0.2) is 78.1 Å². The van der Waals surface area contributed by atoms with E-state index in [4.69, 9.17) is 4.74 Å². The standard InChI is InChI=1S/C17H31N7O/c1-13(11-23-6-8-25-9-7-23)10-19-17(18-3)21-15-4-5-16-20-14(2)22-24(16)12-15/h13,15H,4-12H2,1-3H3,(H2,18,19,21). The number of nitrogens with zero attached hydrogens (tertiary/aromatic N) is 5. The predicted octanol–water partition coefficient (Wildman–Crippen LogP) is 0.0346. The smallest absolute Gasteiger partial charge is 0.191 e. The summed E-state index contributed by atoms with van der Waals surface area (Å²) in [6.07, 6.45) is 2.02. The van der Waals surface area contributed by atoms with Gasteiger partial charge in [-0.2, -0.15) is 5.10 Å². The predicted molar refractivity (Wildman–Crippen MR) is 97.8 cm³/mol. The van der Waals surface area contributed by atoms with Gasteiger partial charge < -0.3 is 15.4 Å². The van der Waals surface area contributed by atoms with E-state index in [2.05, 4.69) is 37.5 Å². The number of nitrogens with one attached hydrogen (secondary N) is 2. The number of aryl methyl sites for hydroxylation is 2. The van der Waals surface area contributed by atoms with E-state index in [0.717, 1.165) is 76.4 Å². The van der Waals surface area contributed by atoms with Crippen molar-refractivity contribution in [1.82, 2.24) is 30.3 Å². The minimum Gasteiger partial charge on any atom is -0.379 e. The molecule has 140 valence electrons. The molecule has 3 rings (SSSR count). The fourth-order valence-corrected chi connectivity index (χ4v) is 3.50. The summed E-state index contributed by atoms with van der Waals surface area (Å²) < 4.78 is 7.43. The van der Waals surface area contributed by atoms with Gasteiger partial charge in [-0.25, -0.2) is 9.67 Å². The Kier molecular flexibility index (Phi) is 6.25. The molecule has 8 nitrogen and oxygen atoms in total. The summed E-state index contributed by atoms with van der Waals surface area (Å²) in [5.41, 5.74) is 0. The molecule has 0 saturated carbocycles. The van der Waals surface area contributed by atoms with Gasteiger partial charge in [0.25, 0.3) is 0 Å². The van der Waals surface area contributed by atoms with Crippen LogP contribution in [-0.2, 0) is 17.7 Å². The van der Waals surface area contributed by atoms with Crippen molar-refractivity contribution in [3.05, 3.63) is 11.6 Å². The molecule has 0 aliphatic carbocycles. The maximum absolute atomic E-state index is 5.41. The Hall–Kier alpha value is -1.67. The number of hydrogen-bond donors (Lipinski definition) is 2. The highest BCUT2D eigenvalue weighted by Crippen LogP contribution is 2.12. The van der Waals surface area contributed by atoms with Gasteiger partial charge in [0.1, 0.15) is 11.6 Å². The van der Waals surface area contributed by atoms with E-state index < -0.39 is 0 Å². The van der Waals surface area contributed by atoms with Crippen LogP contribution in [0.3, 0.4) is 0 Å². The van der Waals surface area contributed by atoms with E-state index in [-0.39, 0.29) is 0 Å². The van der Waals surface area contributed by atoms with E-state index in [1.807, 2.05) is 18.7 Å². The highest BCUT2D eigenvalue weighted by atomic mass is 16.5. The summed E-state index contributed by atoms with van der Waals surface area (Å²) in [6, 6.07) is 0.342. The van der Waals surface area contributed by atoms with Crippen LogP contribution in [0.1, 0.15) is 25.0 Å². The summed E-state index contributed by atoms with van der Waals surface area (Å²) in [5.74, 6) is 3.39. The Balaban J connectivity index is 1.42. The molecule has 2 N–H and O–H groups in total. The molecule has 1 saturated heterocycles. The summed E-state index contributed by atoms with van der Waals surface area (Å²) >= 11 is 0. The van der Waals surface area contributed by atoms with Gasteiger partial charge in [0.15, 0.2) is 5.96 Å². The van der Waals surface area contributed by atoms with Crippen molar-refractivity contribution < 1.29 is 4.74 Å². The monoisotopic (exact) mass is 349 g/mol. The van der Waals surface area contributed by atoms with E-state index >= 15 is 0 Å². The first kappa shape index (κ1) is 18.1. The second-order valence-electron chi connectivity index (χ2n) is 7.11. The average molecular weight is 349 g/mol. The van der Waals surface area contributed by atoms with Gasteiger partial charge in [0.05, 0.1) is 19.8 Å². The molecule has 0 spiro atoms. The van der Waals surface area contributed by atoms with Gasteiger partial charge in [-0.1, -0.05) is 6.92 Å². The lowest BCUT2D eigenvalue weighted by molar-refractivity contribution is 0.0320. The zero-order valence-electron chi connectivity index (χ0n) is 15.7. The lowest BCUT2D eigenvalue weighted by Gasteiger charge is -2.30. The summed E-state index contributed by atoms with van der Waals surface area (Å²) in [4.78, 5) is 11.3. The molecule has 0 radical (unpaired) electrons. The van der Waals surface area contributed by atoms with Gasteiger partial charge in [-0.15, -0.1) is 0 Å². The van der Waals surface area contributed by atoms with Crippen LogP contribution in [0.4, 0.5) is 0 Å². The zero-order valence-corrected chi connectivity index (χ0v) is 15.7. The fourth-order valence-electron chi connectivity index (χ4n) is 3.50. The van der Waals surface area contributed by atoms with Crippen LogP contribution in [0.5, 0.6) is 0 Å². The van der Waals surface area contributed by atoms with Crippen molar-refractivity contribution in [2.45, 2.75) is 39.3 Å². The van der Waals surface area contributed by atoms with Crippen molar-refractivity contribution in [3.8, 4) is 0 Å². The molecule has 25 heavy (non-hydrogen) atoms. The van der Waals surface area contributed by atoms with E-state index in [1.54, 1.807) is 0 Å². The van der Waals surface area contributed by atoms with Gasteiger partial charge >= 0.3 is 0 Å². The molecule has 2 aliphatic rings. The van der Waals surface area contributed by atoms with Crippen LogP contribution in [0.25, 0.3) is 0 Å². The maximum atomic E-state index is 5.41. The highest BCUT2D eigenvalue weighted by molar-refractivity contribution is 5.79. The molecular formula is C17H31N7O. The van der Waals surface area contributed by atoms with Gasteiger partial charge in [-0.05, 0) is 19.3 Å². The minimum atomic E-state index is 0.342. The molecule has 2 aliphatic heterocycles. The van der Waals surface area contributed by atoms with Crippen LogP contribution < -0.4 is 10.6 Å². The lowest BCUT2D eigenvalue weighted by atomic mass is 10.1. The van der Waals surface area contributed by atoms with Gasteiger partial charge in [0.2, 0.25) is 0 Å². The third-order valence-electron chi connectivity index (χ3n) is 4.82. The second kappa shape index (κ2) is 8.62. The summed E-state index contributed by atoms with van der Waals surface area (Å²) in [6.45, 7) is 10.9. The Morgan fingerprint density at radius 1 is 1.40 bits per heavy atom. The molecular weight excluding hydrogens is 318 g/mol. The Bertz CT molecular complexity index is 580. The zero-order chi connectivity index (χ0) is 17.6. The first-order chi connectivity index (χ1) is 12.1. The van der Waals surface area contributed by atoms with E-state index in [0.29, 0.717) is 12.0 Å². The number of guanidine groups is 1. The third-order valence-corrected chi connectivity index (χ3v) is 4.82. The lowest BCUT2D eigenvalue weighted by Crippen LogP contribution is -2.49. The summed E-state index contributed by atoms with van der Waals surface area (Å²) in [7, 11) is 1.83. The van der Waals surface area contributed by atoms with Crippen molar-refractivity contribution >= 4 is 5.96 Å². The van der Waals surface area contributed by atoms with E-state index in [1.165, 1.54) is 0 Å². The average Bonchev–Trinajstić information content (AvgIpc) is 2.98. The molecule has 1 aromatic rings. The number of aliphatic imine (C=N–C) groups is 1. The normalized spacial score (nSPS) is 23.2. The molecule has 0 bridgehead atoms. The molecule has 3 heterocycles. The fraction of sp³-hybridized carbons (Fsp3) is 0.824. The first-order valence-electron chi connectivity index (χ1n) is 9.31. The number of hydrogen-bond acceptors (Lipinski definition) is 5.